The number of rotatable bonds is 10. The zero-order valence-electron chi connectivity index (χ0n) is 23.4. The van der Waals surface area contributed by atoms with Crippen molar-refractivity contribution in [1.29, 1.82) is 0 Å². The molecule has 1 aliphatic rings. The number of aliphatic hydroxyl groups excluding tert-OH is 2. The molecule has 0 fully saturated rings. The lowest BCUT2D eigenvalue weighted by molar-refractivity contribution is -0.127. The number of amides is 2. The smallest absolute Gasteiger partial charge is 0.407 e. The molecule has 7 nitrogen and oxygen atoms in total. The topological polar surface area (TPSA) is 108 Å². The van der Waals surface area contributed by atoms with Crippen LogP contribution in [0.3, 0.4) is 0 Å². The van der Waals surface area contributed by atoms with Gasteiger partial charge in [-0.1, -0.05) is 84.9 Å². The third kappa shape index (κ3) is 8.16. The van der Waals surface area contributed by atoms with Crippen LogP contribution in [0.1, 0.15) is 55.5 Å². The molecule has 7 heteroatoms. The van der Waals surface area contributed by atoms with Gasteiger partial charge < -0.3 is 25.6 Å². The van der Waals surface area contributed by atoms with Crippen LogP contribution in [0.4, 0.5) is 4.79 Å². The molecule has 0 heterocycles. The van der Waals surface area contributed by atoms with Crippen LogP contribution < -0.4 is 10.6 Å². The first-order valence-electron chi connectivity index (χ1n) is 13.9. The molecular weight excluding hydrogens is 504 g/mol. The predicted octanol–water partition coefficient (Wildman–Crippen LogP) is 4.51. The van der Waals surface area contributed by atoms with Gasteiger partial charge in [-0.2, -0.15) is 0 Å². The minimum absolute atomic E-state index is 0.110. The van der Waals surface area contributed by atoms with Crippen molar-refractivity contribution in [2.24, 2.45) is 5.92 Å². The van der Waals surface area contributed by atoms with Crippen LogP contribution in [0.5, 0.6) is 0 Å². The molecule has 1 aliphatic carbocycles. The van der Waals surface area contributed by atoms with E-state index in [4.69, 9.17) is 4.74 Å². The van der Waals surface area contributed by atoms with Crippen LogP contribution in [0.2, 0.25) is 0 Å². The van der Waals surface area contributed by atoms with Gasteiger partial charge in [0.25, 0.3) is 0 Å². The summed E-state index contributed by atoms with van der Waals surface area (Å²) in [5.41, 5.74) is 3.14. The Morgan fingerprint density at radius 3 is 2.10 bits per heavy atom. The predicted molar refractivity (Wildman–Crippen MR) is 155 cm³/mol. The highest BCUT2D eigenvalue weighted by Gasteiger charge is 2.35. The summed E-state index contributed by atoms with van der Waals surface area (Å²) in [5.74, 6) is -0.851. The van der Waals surface area contributed by atoms with Gasteiger partial charge >= 0.3 is 6.09 Å². The molecule has 3 aromatic carbocycles. The Kier molecular flexibility index (Phi) is 9.61. The summed E-state index contributed by atoms with van der Waals surface area (Å²) in [6.45, 7) is 5.35. The van der Waals surface area contributed by atoms with E-state index in [1.54, 1.807) is 20.8 Å². The number of fused-ring (bicyclic) bond motifs is 1. The van der Waals surface area contributed by atoms with Gasteiger partial charge in [-0.05, 0) is 62.3 Å². The number of alkyl carbamates (subject to hydrolysis) is 1. The molecule has 40 heavy (non-hydrogen) atoms. The number of carbonyl (C=O) groups excluding carboxylic acids is 2. The average Bonchev–Trinajstić information content (AvgIpc) is 3.22. The summed E-state index contributed by atoms with van der Waals surface area (Å²) in [4.78, 5) is 26.4. The standard InChI is InChI=1S/C33H40N2O5/c1-33(2,3)40-32(39)34-27(19-23-14-8-5-9-15-23)28(36)21-25(18-22-12-6-4-7-13-22)31(38)35-30-26-17-11-10-16-24(26)20-29(30)37/h4-17,25,27-30,36-37H,18-21H2,1-3H3,(H,34,39)(H,35,38)/t25-,27-,28+,29?,30?/m1/s1. The summed E-state index contributed by atoms with van der Waals surface area (Å²) in [6, 6.07) is 25.8. The van der Waals surface area contributed by atoms with Crippen molar-refractivity contribution in [2.45, 2.75) is 76.3 Å². The van der Waals surface area contributed by atoms with E-state index in [9.17, 15) is 19.8 Å². The Morgan fingerprint density at radius 2 is 1.48 bits per heavy atom. The minimum atomic E-state index is -1.03. The molecule has 0 bridgehead atoms. The van der Waals surface area contributed by atoms with Gasteiger partial charge in [0.2, 0.25) is 5.91 Å². The van der Waals surface area contributed by atoms with E-state index in [-0.39, 0.29) is 12.3 Å². The first-order valence-corrected chi connectivity index (χ1v) is 13.9. The third-order valence-corrected chi connectivity index (χ3v) is 7.19. The number of hydrogen-bond donors (Lipinski definition) is 4. The molecule has 0 radical (unpaired) electrons. The average molecular weight is 545 g/mol. The van der Waals surface area contributed by atoms with E-state index in [1.165, 1.54) is 0 Å². The molecule has 5 atom stereocenters. The molecule has 3 aromatic rings. The second-order valence-electron chi connectivity index (χ2n) is 11.6. The molecular formula is C33H40N2O5. The summed E-state index contributed by atoms with van der Waals surface area (Å²) < 4.78 is 5.47. The lowest BCUT2D eigenvalue weighted by Gasteiger charge is -2.29. The molecule has 0 aliphatic heterocycles. The quantitative estimate of drug-likeness (QED) is 0.301. The maximum absolute atomic E-state index is 13.7. The fraction of sp³-hybridized carbons (Fsp3) is 0.394. The van der Waals surface area contributed by atoms with Gasteiger partial charge in [0.15, 0.2) is 0 Å². The second-order valence-corrected chi connectivity index (χ2v) is 11.6. The van der Waals surface area contributed by atoms with E-state index in [2.05, 4.69) is 10.6 Å². The van der Waals surface area contributed by atoms with E-state index >= 15 is 0 Å². The van der Waals surface area contributed by atoms with E-state index in [1.807, 2.05) is 84.9 Å². The zero-order chi connectivity index (χ0) is 28.7. The van der Waals surface area contributed by atoms with Crippen LogP contribution in [0.15, 0.2) is 84.9 Å². The SMILES string of the molecule is CC(C)(C)OC(=O)N[C@H](Cc1ccccc1)[C@@H](O)C[C@@H](Cc1ccccc1)C(=O)NC1c2ccccc2CC1O. The number of aliphatic hydroxyl groups is 2. The maximum Gasteiger partial charge on any atom is 0.407 e. The van der Waals surface area contributed by atoms with Crippen LogP contribution in [0, 0.1) is 5.92 Å². The van der Waals surface area contributed by atoms with Crippen LogP contribution in [0.25, 0.3) is 0 Å². The molecule has 0 saturated carbocycles. The summed E-state index contributed by atoms with van der Waals surface area (Å²) in [6.07, 6.45) is -1.02. The fourth-order valence-electron chi connectivity index (χ4n) is 5.27. The zero-order valence-corrected chi connectivity index (χ0v) is 23.4. The van der Waals surface area contributed by atoms with Gasteiger partial charge in [-0.25, -0.2) is 4.79 Å². The van der Waals surface area contributed by atoms with E-state index in [0.29, 0.717) is 19.3 Å². The first-order chi connectivity index (χ1) is 19.1. The van der Waals surface area contributed by atoms with Gasteiger partial charge in [-0.15, -0.1) is 0 Å². The van der Waals surface area contributed by atoms with Gasteiger partial charge in [0, 0.05) is 12.3 Å². The second kappa shape index (κ2) is 13.1. The molecule has 2 unspecified atom stereocenters. The molecule has 0 saturated heterocycles. The Hall–Kier alpha value is -3.68. The van der Waals surface area contributed by atoms with E-state index < -0.39 is 41.9 Å². The molecule has 0 spiro atoms. The Morgan fingerprint density at radius 1 is 0.900 bits per heavy atom. The van der Waals surface area contributed by atoms with Crippen LogP contribution in [-0.4, -0.2) is 46.1 Å². The van der Waals surface area contributed by atoms with Gasteiger partial charge in [0.05, 0.1) is 24.3 Å². The highest BCUT2D eigenvalue weighted by Crippen LogP contribution is 2.32. The summed E-state index contributed by atoms with van der Waals surface area (Å²) in [5, 5.41) is 28.1. The van der Waals surface area contributed by atoms with Crippen molar-refractivity contribution in [2.75, 3.05) is 0 Å². The maximum atomic E-state index is 13.7. The highest BCUT2D eigenvalue weighted by atomic mass is 16.6. The van der Waals surface area contributed by atoms with E-state index in [0.717, 1.165) is 22.3 Å². The van der Waals surface area contributed by atoms with Crippen molar-refractivity contribution in [3.05, 3.63) is 107 Å². The Bertz CT molecular complexity index is 1260. The number of nitrogens with one attached hydrogen (secondary N) is 2. The van der Waals surface area contributed by atoms with Crippen LogP contribution in [-0.2, 0) is 28.8 Å². The van der Waals surface area contributed by atoms with Gasteiger partial charge in [0.1, 0.15) is 5.60 Å². The normalized spacial score (nSPS) is 18.7. The molecule has 0 aromatic heterocycles. The lowest BCUT2D eigenvalue weighted by Crippen LogP contribution is -2.48. The van der Waals surface area contributed by atoms with Crippen molar-refractivity contribution in [1.82, 2.24) is 10.6 Å². The molecule has 4 N–H and O–H groups in total. The van der Waals surface area contributed by atoms with Crippen LogP contribution >= 0.6 is 0 Å². The number of hydrogen-bond acceptors (Lipinski definition) is 5. The number of ether oxygens (including phenoxy) is 1. The van der Waals surface area contributed by atoms with Crippen molar-refractivity contribution in [3.63, 3.8) is 0 Å². The number of benzene rings is 3. The van der Waals surface area contributed by atoms with Crippen molar-refractivity contribution < 1.29 is 24.5 Å². The third-order valence-electron chi connectivity index (χ3n) is 7.19. The summed E-state index contributed by atoms with van der Waals surface area (Å²) in [7, 11) is 0. The summed E-state index contributed by atoms with van der Waals surface area (Å²) >= 11 is 0. The van der Waals surface area contributed by atoms with Crippen molar-refractivity contribution >= 4 is 12.0 Å². The Labute approximate surface area is 236 Å². The Balaban J connectivity index is 1.54. The molecule has 212 valence electrons. The highest BCUT2D eigenvalue weighted by molar-refractivity contribution is 5.80. The lowest BCUT2D eigenvalue weighted by atomic mass is 9.88. The fourth-order valence-corrected chi connectivity index (χ4v) is 5.27. The first kappa shape index (κ1) is 29.3. The molecule has 4 rings (SSSR count). The largest absolute Gasteiger partial charge is 0.444 e. The monoisotopic (exact) mass is 544 g/mol. The number of carbonyl (C=O) groups is 2. The molecule has 2 amide bonds. The van der Waals surface area contributed by atoms with Gasteiger partial charge in [-0.3, -0.25) is 4.79 Å². The minimum Gasteiger partial charge on any atom is -0.444 e. The van der Waals surface area contributed by atoms with Crippen molar-refractivity contribution in [3.8, 4) is 0 Å².